The van der Waals surface area contributed by atoms with E-state index >= 15 is 4.39 Å². The molecule has 1 aromatic carbocycles. The van der Waals surface area contributed by atoms with E-state index in [0.29, 0.717) is 16.6 Å². The molecule has 0 bridgehead atoms. The van der Waals surface area contributed by atoms with E-state index in [0.717, 1.165) is 41.0 Å². The predicted octanol–water partition coefficient (Wildman–Crippen LogP) is 4.77. The third kappa shape index (κ3) is 2.93. The molecular formula is C24H26FN3O3S. The Morgan fingerprint density at radius 3 is 2.66 bits per heavy atom. The number of thiophene rings is 1. The molecule has 1 fully saturated rings. The number of benzene rings is 1. The number of aromatic carboxylic acids is 1. The SMILES string of the molecule is Cc1c(-c2cc3c(s2)C(N)C(C)(C)CC3)c(F)c(N)c2c(=O)c(C(=O)O)cn(C3CC3)c12. The summed E-state index contributed by atoms with van der Waals surface area (Å²) in [5, 5.41) is 9.47. The predicted molar refractivity (Wildman–Crippen MR) is 125 cm³/mol. The first-order valence-electron chi connectivity index (χ1n) is 10.8. The fraction of sp³-hybridized carbons (Fsp3) is 0.417. The van der Waals surface area contributed by atoms with E-state index in [9.17, 15) is 14.7 Å². The fourth-order valence-electron chi connectivity index (χ4n) is 4.87. The number of hydrogen-bond donors (Lipinski definition) is 3. The van der Waals surface area contributed by atoms with Gasteiger partial charge in [-0.1, -0.05) is 13.8 Å². The number of carboxylic acid groups (broad SMARTS) is 1. The van der Waals surface area contributed by atoms with E-state index in [1.807, 2.05) is 6.07 Å². The molecule has 32 heavy (non-hydrogen) atoms. The minimum Gasteiger partial charge on any atom is -0.477 e. The van der Waals surface area contributed by atoms with Crippen LogP contribution in [0.25, 0.3) is 21.3 Å². The largest absolute Gasteiger partial charge is 0.477 e. The Kier molecular flexibility index (Phi) is 4.56. The van der Waals surface area contributed by atoms with Gasteiger partial charge >= 0.3 is 5.97 Å². The number of aromatic nitrogens is 1. The van der Waals surface area contributed by atoms with Crippen molar-refractivity contribution >= 4 is 33.9 Å². The number of fused-ring (bicyclic) bond motifs is 2. The van der Waals surface area contributed by atoms with Crippen molar-refractivity contribution in [1.29, 1.82) is 0 Å². The molecule has 0 amide bonds. The zero-order chi connectivity index (χ0) is 23.1. The van der Waals surface area contributed by atoms with Crippen LogP contribution in [-0.4, -0.2) is 15.6 Å². The Labute approximate surface area is 188 Å². The highest BCUT2D eigenvalue weighted by atomic mass is 32.1. The smallest absolute Gasteiger partial charge is 0.341 e. The Morgan fingerprint density at radius 1 is 1.34 bits per heavy atom. The summed E-state index contributed by atoms with van der Waals surface area (Å²) in [4.78, 5) is 26.4. The monoisotopic (exact) mass is 455 g/mol. The lowest BCUT2D eigenvalue weighted by Gasteiger charge is -2.35. The van der Waals surface area contributed by atoms with Crippen LogP contribution in [0.3, 0.4) is 0 Å². The van der Waals surface area contributed by atoms with Gasteiger partial charge in [0, 0.05) is 33.6 Å². The lowest BCUT2D eigenvalue weighted by Crippen LogP contribution is -2.32. The zero-order valence-corrected chi connectivity index (χ0v) is 19.1. The summed E-state index contributed by atoms with van der Waals surface area (Å²) in [6.07, 6.45) is 4.97. The maximum Gasteiger partial charge on any atom is 0.341 e. The van der Waals surface area contributed by atoms with Crippen LogP contribution in [0.5, 0.6) is 0 Å². The molecule has 8 heteroatoms. The average molecular weight is 456 g/mol. The first kappa shape index (κ1) is 21.2. The van der Waals surface area contributed by atoms with Crippen molar-refractivity contribution in [2.45, 2.75) is 58.5 Å². The van der Waals surface area contributed by atoms with Crippen LogP contribution in [0.4, 0.5) is 10.1 Å². The zero-order valence-electron chi connectivity index (χ0n) is 18.3. The maximum atomic E-state index is 15.7. The van der Waals surface area contributed by atoms with E-state index in [2.05, 4.69) is 13.8 Å². The molecule has 2 heterocycles. The van der Waals surface area contributed by atoms with Crippen LogP contribution in [0, 0.1) is 18.2 Å². The van der Waals surface area contributed by atoms with Crippen molar-refractivity contribution in [2.75, 3.05) is 5.73 Å². The lowest BCUT2D eigenvalue weighted by atomic mass is 9.74. The van der Waals surface area contributed by atoms with Crippen LogP contribution >= 0.6 is 11.3 Å². The number of nitrogen functional groups attached to an aromatic ring is 1. The number of rotatable bonds is 3. The van der Waals surface area contributed by atoms with Crippen molar-refractivity contribution in [2.24, 2.45) is 11.1 Å². The summed E-state index contributed by atoms with van der Waals surface area (Å²) in [5.74, 6) is -2.02. The van der Waals surface area contributed by atoms with Gasteiger partial charge in [0.1, 0.15) is 5.56 Å². The van der Waals surface area contributed by atoms with Gasteiger partial charge in [-0.3, -0.25) is 4.79 Å². The number of hydrogen-bond acceptors (Lipinski definition) is 5. The Balaban J connectivity index is 1.82. The molecule has 1 saturated carbocycles. The average Bonchev–Trinajstić information content (AvgIpc) is 3.48. The molecule has 0 saturated heterocycles. The molecule has 1 atom stereocenters. The highest BCUT2D eigenvalue weighted by molar-refractivity contribution is 7.15. The van der Waals surface area contributed by atoms with Gasteiger partial charge in [0.25, 0.3) is 0 Å². The van der Waals surface area contributed by atoms with E-state index in [1.54, 1.807) is 11.5 Å². The van der Waals surface area contributed by atoms with Crippen molar-refractivity contribution in [1.82, 2.24) is 4.57 Å². The number of carboxylic acids is 1. The molecule has 6 nitrogen and oxygen atoms in total. The summed E-state index contributed by atoms with van der Waals surface area (Å²) < 4.78 is 17.5. The van der Waals surface area contributed by atoms with Crippen molar-refractivity contribution in [3.63, 3.8) is 0 Å². The van der Waals surface area contributed by atoms with Gasteiger partial charge in [-0.2, -0.15) is 0 Å². The minimum atomic E-state index is -1.34. The maximum absolute atomic E-state index is 15.7. The first-order chi connectivity index (χ1) is 15.0. The second kappa shape index (κ2) is 6.89. The normalized spacial score (nSPS) is 19.8. The molecule has 0 radical (unpaired) electrons. The molecule has 5 N–H and O–H groups in total. The second-order valence-electron chi connectivity index (χ2n) is 9.73. The fourth-order valence-corrected chi connectivity index (χ4v) is 6.39. The van der Waals surface area contributed by atoms with E-state index in [4.69, 9.17) is 11.5 Å². The Hall–Kier alpha value is -2.71. The van der Waals surface area contributed by atoms with Gasteiger partial charge in [-0.05, 0) is 55.2 Å². The molecule has 2 aromatic heterocycles. The highest BCUT2D eigenvalue weighted by Crippen LogP contribution is 2.49. The minimum absolute atomic E-state index is 0.0369. The lowest BCUT2D eigenvalue weighted by molar-refractivity contribution is 0.0695. The van der Waals surface area contributed by atoms with E-state index in [1.165, 1.54) is 17.5 Å². The van der Waals surface area contributed by atoms with Crippen LogP contribution in [0.2, 0.25) is 0 Å². The number of halogens is 1. The molecule has 168 valence electrons. The molecular weight excluding hydrogens is 429 g/mol. The Morgan fingerprint density at radius 2 is 2.03 bits per heavy atom. The van der Waals surface area contributed by atoms with E-state index < -0.39 is 17.2 Å². The summed E-state index contributed by atoms with van der Waals surface area (Å²) in [5.41, 5.74) is 13.9. The summed E-state index contributed by atoms with van der Waals surface area (Å²) in [6, 6.07) is 1.95. The topological polar surface area (TPSA) is 111 Å². The summed E-state index contributed by atoms with van der Waals surface area (Å²) >= 11 is 1.48. The van der Waals surface area contributed by atoms with E-state index in [-0.39, 0.29) is 34.1 Å². The first-order valence-corrected chi connectivity index (χ1v) is 11.6. The van der Waals surface area contributed by atoms with Crippen molar-refractivity contribution in [3.8, 4) is 10.4 Å². The van der Waals surface area contributed by atoms with Gasteiger partial charge in [-0.15, -0.1) is 11.3 Å². The van der Waals surface area contributed by atoms with Gasteiger partial charge in [0.15, 0.2) is 5.82 Å². The summed E-state index contributed by atoms with van der Waals surface area (Å²) in [6.45, 7) is 6.07. The van der Waals surface area contributed by atoms with Crippen LogP contribution in [0.1, 0.15) is 71.6 Å². The number of nitrogens with zero attached hydrogens (tertiary/aromatic N) is 1. The van der Waals surface area contributed by atoms with Gasteiger partial charge in [-0.25, -0.2) is 9.18 Å². The van der Waals surface area contributed by atoms with Crippen LogP contribution in [-0.2, 0) is 6.42 Å². The number of carbonyl (C=O) groups is 1. The molecule has 1 unspecified atom stereocenters. The van der Waals surface area contributed by atoms with Gasteiger partial charge in [0.05, 0.1) is 16.6 Å². The number of anilines is 1. The number of pyridine rings is 1. The quantitative estimate of drug-likeness (QED) is 0.493. The molecule has 3 aromatic rings. The number of aryl methyl sites for hydroxylation is 2. The van der Waals surface area contributed by atoms with Gasteiger partial charge in [0.2, 0.25) is 5.43 Å². The van der Waals surface area contributed by atoms with Crippen molar-refractivity contribution < 1.29 is 14.3 Å². The molecule has 5 rings (SSSR count). The number of nitrogens with two attached hydrogens (primary N) is 2. The Bertz CT molecular complexity index is 1370. The highest BCUT2D eigenvalue weighted by Gasteiger charge is 2.36. The standard InChI is InChI=1S/C24H26FN3O3S/c1-10-15(14-8-11-6-7-24(2,3)22(27)21(11)32-14)17(25)18(26)16-19(10)28(12-4-5-12)9-13(20(16)29)23(30)31/h8-9,12,22H,4-7,26-27H2,1-3H3,(H,30,31). The van der Waals surface area contributed by atoms with Crippen molar-refractivity contribution in [3.05, 3.63) is 49.9 Å². The van der Waals surface area contributed by atoms with Gasteiger partial charge < -0.3 is 21.1 Å². The third-order valence-corrected chi connectivity index (χ3v) is 8.39. The molecule has 2 aliphatic carbocycles. The summed E-state index contributed by atoms with van der Waals surface area (Å²) in [7, 11) is 0. The third-order valence-electron chi connectivity index (χ3n) is 7.11. The molecule has 0 aliphatic heterocycles. The molecule has 2 aliphatic rings. The second-order valence-corrected chi connectivity index (χ2v) is 10.8. The van der Waals surface area contributed by atoms with Crippen LogP contribution in [0.15, 0.2) is 17.1 Å². The van der Waals surface area contributed by atoms with Crippen LogP contribution < -0.4 is 16.9 Å². The molecule has 0 spiro atoms.